The summed E-state index contributed by atoms with van der Waals surface area (Å²) < 4.78 is 13.3. The van der Waals surface area contributed by atoms with Crippen LogP contribution in [0, 0.1) is 0 Å². The third kappa shape index (κ3) is 5.95. The van der Waals surface area contributed by atoms with Crippen LogP contribution in [-0.2, 0) is 9.09 Å². The van der Waals surface area contributed by atoms with Crippen LogP contribution in [0.25, 0.3) is 0 Å². The number of aliphatic hydroxyl groups excluding tert-OH is 1. The zero-order valence-corrected chi connectivity index (χ0v) is 5.71. The van der Waals surface area contributed by atoms with Crippen LogP contribution in [-0.4, -0.2) is 11.4 Å². The van der Waals surface area contributed by atoms with Gasteiger partial charge in [0.1, 0.15) is 0 Å². The second-order valence-corrected chi connectivity index (χ2v) is 2.52. The van der Waals surface area contributed by atoms with Gasteiger partial charge in [0.2, 0.25) is 0 Å². The van der Waals surface area contributed by atoms with E-state index in [1.165, 1.54) is 6.92 Å². The Hall–Kier alpha value is 0.0700. The third-order valence-corrected chi connectivity index (χ3v) is 1.10. The Kier molecular flexibility index (Phi) is 3.32. The summed E-state index contributed by atoms with van der Waals surface area (Å²) in [6.45, 7) is 1.49. The lowest BCUT2D eigenvalue weighted by Gasteiger charge is -2.30. The summed E-state index contributed by atoms with van der Waals surface area (Å²) in [5.41, 5.74) is 0. The number of aliphatic hydroxyl groups is 1. The van der Waals surface area contributed by atoms with Crippen molar-refractivity contribution >= 4 is 7.82 Å². The maximum atomic E-state index is 9.69. The predicted molar refractivity (Wildman–Crippen MR) is 25.0 cm³/mol. The minimum Gasteiger partial charge on any atom is -0.790 e. The molecule has 0 bridgehead atoms. The molecule has 9 heavy (non-hydrogen) atoms. The molecule has 0 aliphatic carbocycles. The molecular formula is C3H7O5P-2. The summed E-state index contributed by atoms with van der Waals surface area (Å²) in [7, 11) is -4.99. The number of phosphoric acid groups is 1. The molecule has 0 rings (SSSR count). The van der Waals surface area contributed by atoms with Crippen LogP contribution in [0.15, 0.2) is 0 Å². The van der Waals surface area contributed by atoms with Crippen LogP contribution in [0.4, 0.5) is 0 Å². The minimum atomic E-state index is -4.99. The fourth-order valence-electron chi connectivity index (χ4n) is 0.224. The summed E-state index contributed by atoms with van der Waals surface area (Å²) >= 11 is 0. The third-order valence-electron chi connectivity index (χ3n) is 0.600. The summed E-state index contributed by atoms with van der Waals surface area (Å²) in [4.78, 5) is 19.4. The van der Waals surface area contributed by atoms with E-state index < -0.39 is 14.1 Å². The molecule has 1 N–H and O–H groups in total. The molecule has 0 radical (unpaired) electrons. The molecule has 0 aliphatic rings. The summed E-state index contributed by atoms with van der Waals surface area (Å²) in [5.74, 6) is 0. The molecule has 1 atom stereocenters. The first-order chi connectivity index (χ1) is 3.95. The Balaban J connectivity index is 3.60. The van der Waals surface area contributed by atoms with Gasteiger partial charge in [-0.3, -0.25) is 0 Å². The van der Waals surface area contributed by atoms with Gasteiger partial charge in [0.05, 0.1) is 7.82 Å². The molecule has 0 fully saturated rings. The van der Waals surface area contributed by atoms with Gasteiger partial charge < -0.3 is 24.0 Å². The van der Waals surface area contributed by atoms with Gasteiger partial charge in [-0.2, -0.15) is 0 Å². The molecule has 5 nitrogen and oxygen atoms in total. The fraction of sp³-hybridized carbons (Fsp3) is 1.00. The number of phosphoric ester groups is 1. The Morgan fingerprint density at radius 1 is 1.78 bits per heavy atom. The average Bonchev–Trinajstić information content (AvgIpc) is 1.62. The minimum absolute atomic E-state index is 0.0778. The van der Waals surface area contributed by atoms with E-state index in [1.807, 2.05) is 0 Å². The van der Waals surface area contributed by atoms with Crippen molar-refractivity contribution in [2.75, 3.05) is 0 Å². The van der Waals surface area contributed by atoms with Crippen molar-refractivity contribution in [1.82, 2.24) is 0 Å². The van der Waals surface area contributed by atoms with Gasteiger partial charge >= 0.3 is 0 Å². The van der Waals surface area contributed by atoms with Gasteiger partial charge in [-0.25, -0.2) is 0 Å². The van der Waals surface area contributed by atoms with Gasteiger partial charge in [-0.1, -0.05) is 6.92 Å². The van der Waals surface area contributed by atoms with Crippen LogP contribution < -0.4 is 9.79 Å². The molecule has 0 aromatic carbocycles. The molecule has 1 unspecified atom stereocenters. The van der Waals surface area contributed by atoms with E-state index in [0.29, 0.717) is 0 Å². The van der Waals surface area contributed by atoms with E-state index in [0.717, 1.165) is 0 Å². The van der Waals surface area contributed by atoms with Crippen LogP contribution in [0.2, 0.25) is 0 Å². The lowest BCUT2D eigenvalue weighted by molar-refractivity contribution is -0.351. The van der Waals surface area contributed by atoms with Crippen molar-refractivity contribution in [3.63, 3.8) is 0 Å². The molecule has 56 valence electrons. The van der Waals surface area contributed by atoms with Crippen molar-refractivity contribution in [1.29, 1.82) is 0 Å². The monoisotopic (exact) mass is 154 g/mol. The lowest BCUT2D eigenvalue weighted by Crippen LogP contribution is -2.21. The van der Waals surface area contributed by atoms with Gasteiger partial charge in [0.25, 0.3) is 0 Å². The molecule has 0 heterocycles. The van der Waals surface area contributed by atoms with Crippen LogP contribution in [0.1, 0.15) is 13.3 Å². The molecule has 6 heteroatoms. The highest BCUT2D eigenvalue weighted by atomic mass is 31.2. The smallest absolute Gasteiger partial charge is 0.159 e. The van der Waals surface area contributed by atoms with Gasteiger partial charge in [-0.15, -0.1) is 0 Å². The second kappa shape index (κ2) is 3.29. The molecule has 0 saturated heterocycles. The van der Waals surface area contributed by atoms with E-state index in [2.05, 4.69) is 4.52 Å². The average molecular weight is 154 g/mol. The van der Waals surface area contributed by atoms with Crippen molar-refractivity contribution < 1.29 is 24.0 Å². The van der Waals surface area contributed by atoms with E-state index in [9.17, 15) is 14.4 Å². The molecule has 0 aromatic heterocycles. The Morgan fingerprint density at radius 2 is 2.22 bits per heavy atom. The van der Waals surface area contributed by atoms with Gasteiger partial charge in [-0.05, 0) is 6.42 Å². The zero-order valence-electron chi connectivity index (χ0n) is 4.81. The molecule has 0 saturated carbocycles. The SMILES string of the molecule is CCC(O)OP(=O)([O-])[O-]. The zero-order chi connectivity index (χ0) is 7.49. The lowest BCUT2D eigenvalue weighted by atomic mass is 10.5. The highest BCUT2D eigenvalue weighted by Gasteiger charge is 2.00. The molecule has 0 amide bonds. The topological polar surface area (TPSA) is 92.7 Å². The second-order valence-electron chi connectivity index (χ2n) is 1.42. The fourth-order valence-corrected chi connectivity index (χ4v) is 0.671. The van der Waals surface area contributed by atoms with Crippen molar-refractivity contribution in [3.05, 3.63) is 0 Å². The number of hydrogen-bond acceptors (Lipinski definition) is 5. The van der Waals surface area contributed by atoms with Crippen molar-refractivity contribution in [2.45, 2.75) is 19.6 Å². The highest BCUT2D eigenvalue weighted by molar-refractivity contribution is 7.43. The molecule has 0 aliphatic heterocycles. The predicted octanol–water partition coefficient (Wildman–Crippen LogP) is -1.44. The molecule has 0 spiro atoms. The first kappa shape index (κ1) is 9.07. The Bertz CT molecular complexity index is 117. The standard InChI is InChI=1S/C3H9O5P/c1-2-3(4)8-9(5,6)7/h3-4H,2H2,1H3,(H2,5,6,7)/p-2. The first-order valence-electron chi connectivity index (χ1n) is 2.34. The summed E-state index contributed by atoms with van der Waals surface area (Å²) in [6.07, 6.45) is -1.42. The Morgan fingerprint density at radius 3 is 2.33 bits per heavy atom. The summed E-state index contributed by atoms with van der Waals surface area (Å²) in [5, 5.41) is 8.40. The van der Waals surface area contributed by atoms with Crippen LogP contribution in [0.3, 0.4) is 0 Å². The van der Waals surface area contributed by atoms with Crippen molar-refractivity contribution in [3.8, 4) is 0 Å². The largest absolute Gasteiger partial charge is 0.790 e. The van der Waals surface area contributed by atoms with Gasteiger partial charge in [0, 0.05) is 0 Å². The first-order valence-corrected chi connectivity index (χ1v) is 3.80. The van der Waals surface area contributed by atoms with E-state index in [1.54, 1.807) is 0 Å². The van der Waals surface area contributed by atoms with Crippen molar-refractivity contribution in [2.24, 2.45) is 0 Å². The Labute approximate surface area is 52.5 Å². The number of hydrogen-bond donors (Lipinski definition) is 1. The van der Waals surface area contributed by atoms with E-state index in [4.69, 9.17) is 5.11 Å². The molecule has 0 aromatic rings. The van der Waals surface area contributed by atoms with Crippen LogP contribution >= 0.6 is 7.82 Å². The maximum Gasteiger partial charge on any atom is 0.159 e. The van der Waals surface area contributed by atoms with Gasteiger partial charge in [0.15, 0.2) is 6.29 Å². The van der Waals surface area contributed by atoms with E-state index in [-0.39, 0.29) is 6.42 Å². The van der Waals surface area contributed by atoms with E-state index >= 15 is 0 Å². The number of rotatable bonds is 3. The normalized spacial score (nSPS) is 15.6. The maximum absolute atomic E-state index is 9.69. The quantitative estimate of drug-likeness (QED) is 0.397. The molecular weight excluding hydrogens is 147 g/mol. The summed E-state index contributed by atoms with van der Waals surface area (Å²) in [6, 6.07) is 0. The van der Waals surface area contributed by atoms with Crippen LogP contribution in [0.5, 0.6) is 0 Å². The highest BCUT2D eigenvalue weighted by Crippen LogP contribution is 2.26.